The summed E-state index contributed by atoms with van der Waals surface area (Å²) in [6.45, 7) is 3.91. The Morgan fingerprint density at radius 3 is 2.67 bits per heavy atom. The minimum absolute atomic E-state index is 0.811. The van der Waals surface area contributed by atoms with E-state index < -0.39 is 0 Å². The highest BCUT2D eigenvalue weighted by Gasteiger charge is 2.14. The number of hydrogen-bond donors (Lipinski definition) is 2. The van der Waals surface area contributed by atoms with Crippen molar-refractivity contribution in [3.63, 3.8) is 0 Å². The van der Waals surface area contributed by atoms with Crippen LogP contribution >= 0.6 is 0 Å². The number of unbranched alkanes of at least 4 members (excludes halogenated alkanes) is 1. The molecule has 0 atom stereocenters. The van der Waals surface area contributed by atoms with Crippen molar-refractivity contribution in [1.82, 2.24) is 10.3 Å². The third-order valence-corrected chi connectivity index (χ3v) is 5.48. The molecule has 138 valence electrons. The Labute approximate surface area is 160 Å². The van der Waals surface area contributed by atoms with Gasteiger partial charge in [-0.25, -0.2) is 0 Å². The molecule has 27 heavy (non-hydrogen) atoms. The number of para-hydroxylation sites is 1. The summed E-state index contributed by atoms with van der Waals surface area (Å²) < 4.78 is 0. The Hall–Kier alpha value is -2.77. The van der Waals surface area contributed by atoms with Gasteiger partial charge in [-0.05, 0) is 55.0 Å². The second-order valence-electron chi connectivity index (χ2n) is 7.27. The molecule has 3 aromatic rings. The van der Waals surface area contributed by atoms with Gasteiger partial charge in [-0.2, -0.15) is 5.26 Å². The zero-order valence-corrected chi connectivity index (χ0v) is 15.7. The van der Waals surface area contributed by atoms with Crippen molar-refractivity contribution in [2.24, 2.45) is 0 Å². The molecule has 0 bridgehead atoms. The van der Waals surface area contributed by atoms with E-state index >= 15 is 0 Å². The average Bonchev–Trinajstić information content (AvgIpc) is 3.15. The number of fused-ring (bicyclic) bond motifs is 1. The molecule has 1 aliphatic rings. The van der Waals surface area contributed by atoms with Gasteiger partial charge in [0.1, 0.15) is 6.07 Å². The minimum Gasteiger partial charge on any atom is -0.368 e. The maximum absolute atomic E-state index is 9.57. The SMILES string of the molecule is N#Cc1cc(CCCCc2c[nH]c3ccccc23)ccc1N1CCNCC1. The summed E-state index contributed by atoms with van der Waals surface area (Å²) in [6.07, 6.45) is 6.55. The summed E-state index contributed by atoms with van der Waals surface area (Å²) in [6, 6.07) is 17.3. The van der Waals surface area contributed by atoms with Gasteiger partial charge in [0.25, 0.3) is 0 Å². The lowest BCUT2D eigenvalue weighted by atomic mass is 10.0. The third kappa shape index (κ3) is 3.99. The average molecular weight is 358 g/mol. The number of aromatic nitrogens is 1. The van der Waals surface area contributed by atoms with E-state index in [1.54, 1.807) is 0 Å². The van der Waals surface area contributed by atoms with Gasteiger partial charge in [0, 0.05) is 43.3 Å². The van der Waals surface area contributed by atoms with Crippen molar-refractivity contribution in [1.29, 1.82) is 5.26 Å². The number of nitrogens with one attached hydrogen (secondary N) is 2. The molecular weight excluding hydrogens is 332 g/mol. The third-order valence-electron chi connectivity index (χ3n) is 5.48. The molecule has 2 aromatic carbocycles. The lowest BCUT2D eigenvalue weighted by molar-refractivity contribution is 0.589. The summed E-state index contributed by atoms with van der Waals surface area (Å²) in [5.41, 5.74) is 5.78. The molecule has 0 radical (unpaired) electrons. The highest BCUT2D eigenvalue weighted by Crippen LogP contribution is 2.24. The molecule has 2 N–H and O–H groups in total. The van der Waals surface area contributed by atoms with Crippen LogP contribution in [0.1, 0.15) is 29.5 Å². The number of nitrogens with zero attached hydrogens (tertiary/aromatic N) is 2. The summed E-state index contributed by atoms with van der Waals surface area (Å²) in [5.74, 6) is 0. The van der Waals surface area contributed by atoms with E-state index in [2.05, 4.69) is 69.9 Å². The lowest BCUT2D eigenvalue weighted by Crippen LogP contribution is -2.43. The number of aromatic amines is 1. The Morgan fingerprint density at radius 1 is 1.00 bits per heavy atom. The van der Waals surface area contributed by atoms with Crippen molar-refractivity contribution in [2.45, 2.75) is 25.7 Å². The number of rotatable bonds is 6. The Balaban J connectivity index is 1.35. The molecule has 2 heterocycles. The predicted molar refractivity (Wildman–Crippen MR) is 111 cm³/mol. The van der Waals surface area contributed by atoms with Gasteiger partial charge in [-0.15, -0.1) is 0 Å². The fraction of sp³-hybridized carbons (Fsp3) is 0.348. The highest BCUT2D eigenvalue weighted by molar-refractivity contribution is 5.83. The first-order valence-corrected chi connectivity index (χ1v) is 9.89. The maximum atomic E-state index is 9.57. The molecule has 0 spiro atoms. The van der Waals surface area contributed by atoms with Gasteiger partial charge in [-0.1, -0.05) is 24.3 Å². The Bertz CT molecular complexity index is 944. The van der Waals surface area contributed by atoms with E-state index in [4.69, 9.17) is 0 Å². The van der Waals surface area contributed by atoms with Crippen LogP contribution in [-0.4, -0.2) is 31.2 Å². The van der Waals surface area contributed by atoms with E-state index in [-0.39, 0.29) is 0 Å². The summed E-state index contributed by atoms with van der Waals surface area (Å²) in [4.78, 5) is 5.67. The molecule has 0 amide bonds. The molecule has 4 heteroatoms. The van der Waals surface area contributed by atoms with Crippen LogP contribution < -0.4 is 10.2 Å². The van der Waals surface area contributed by atoms with E-state index in [1.807, 2.05) is 0 Å². The Morgan fingerprint density at radius 2 is 1.81 bits per heavy atom. The van der Waals surface area contributed by atoms with Gasteiger partial charge in [-0.3, -0.25) is 0 Å². The van der Waals surface area contributed by atoms with E-state index in [1.165, 1.54) is 22.0 Å². The van der Waals surface area contributed by atoms with E-state index in [9.17, 15) is 5.26 Å². The molecule has 4 rings (SSSR count). The van der Waals surface area contributed by atoms with Gasteiger partial charge in [0.2, 0.25) is 0 Å². The molecule has 0 unspecified atom stereocenters. The zero-order valence-electron chi connectivity index (χ0n) is 15.7. The fourth-order valence-corrected chi connectivity index (χ4v) is 3.99. The van der Waals surface area contributed by atoms with Crippen LogP contribution in [-0.2, 0) is 12.8 Å². The molecule has 1 fully saturated rings. The Kier molecular flexibility index (Phi) is 5.41. The second kappa shape index (κ2) is 8.28. The number of hydrogen-bond acceptors (Lipinski definition) is 3. The first-order valence-electron chi connectivity index (χ1n) is 9.89. The van der Waals surface area contributed by atoms with Crippen LogP contribution in [0.25, 0.3) is 10.9 Å². The summed E-state index contributed by atoms with van der Waals surface area (Å²) in [7, 11) is 0. The van der Waals surface area contributed by atoms with Crippen LogP contribution in [0.2, 0.25) is 0 Å². The number of aryl methyl sites for hydroxylation is 2. The van der Waals surface area contributed by atoms with Gasteiger partial charge in [0.15, 0.2) is 0 Å². The van der Waals surface area contributed by atoms with Gasteiger partial charge >= 0.3 is 0 Å². The molecule has 1 aromatic heterocycles. The predicted octanol–water partition coefficient (Wildman–Crippen LogP) is 4.01. The summed E-state index contributed by atoms with van der Waals surface area (Å²) in [5, 5.41) is 14.3. The molecule has 0 saturated carbocycles. The van der Waals surface area contributed by atoms with Crippen LogP contribution in [0, 0.1) is 11.3 Å². The minimum atomic E-state index is 0.811. The maximum Gasteiger partial charge on any atom is 0.101 e. The largest absolute Gasteiger partial charge is 0.368 e. The normalized spacial score (nSPS) is 14.4. The van der Waals surface area contributed by atoms with Crippen LogP contribution in [0.4, 0.5) is 5.69 Å². The number of nitriles is 1. The quantitative estimate of drug-likeness (QED) is 0.655. The standard InChI is InChI=1S/C23H26N4/c24-16-20-15-18(9-10-23(20)27-13-11-25-12-14-27)5-1-2-6-19-17-26-22-8-4-3-7-21(19)22/h3-4,7-10,15,17,25-26H,1-2,5-6,11-14H2. The fourth-order valence-electron chi connectivity index (χ4n) is 3.99. The zero-order chi connectivity index (χ0) is 18.5. The molecule has 0 aliphatic carbocycles. The molecule has 1 aliphatic heterocycles. The van der Waals surface area contributed by atoms with Gasteiger partial charge in [0.05, 0.1) is 11.3 Å². The number of anilines is 1. The topological polar surface area (TPSA) is 54.9 Å². The van der Waals surface area contributed by atoms with Gasteiger partial charge < -0.3 is 15.2 Å². The van der Waals surface area contributed by atoms with Crippen molar-refractivity contribution < 1.29 is 0 Å². The van der Waals surface area contributed by atoms with Crippen LogP contribution in [0.3, 0.4) is 0 Å². The smallest absolute Gasteiger partial charge is 0.101 e. The van der Waals surface area contributed by atoms with Crippen LogP contribution in [0.5, 0.6) is 0 Å². The first-order chi connectivity index (χ1) is 13.3. The monoisotopic (exact) mass is 358 g/mol. The van der Waals surface area contributed by atoms with Crippen molar-refractivity contribution in [2.75, 3.05) is 31.1 Å². The molecular formula is C23H26N4. The number of benzene rings is 2. The first kappa shape index (κ1) is 17.6. The highest BCUT2D eigenvalue weighted by atomic mass is 15.2. The summed E-state index contributed by atoms with van der Waals surface area (Å²) >= 11 is 0. The van der Waals surface area contributed by atoms with E-state index in [0.29, 0.717) is 0 Å². The van der Waals surface area contributed by atoms with E-state index in [0.717, 1.165) is 63.1 Å². The van der Waals surface area contributed by atoms with Crippen LogP contribution in [0.15, 0.2) is 48.7 Å². The molecule has 4 nitrogen and oxygen atoms in total. The number of piperazine rings is 1. The number of H-pyrrole nitrogens is 1. The molecule has 1 saturated heterocycles. The van der Waals surface area contributed by atoms with Crippen molar-refractivity contribution in [3.05, 3.63) is 65.4 Å². The second-order valence-corrected chi connectivity index (χ2v) is 7.27. The lowest BCUT2D eigenvalue weighted by Gasteiger charge is -2.30. The van der Waals surface area contributed by atoms with Crippen molar-refractivity contribution >= 4 is 16.6 Å². The van der Waals surface area contributed by atoms with Crippen molar-refractivity contribution in [3.8, 4) is 6.07 Å².